The number of rotatable bonds is 1. The molecule has 1 aromatic heterocycles. The molecular weight excluding hydrogens is 237 g/mol. The van der Waals surface area contributed by atoms with E-state index in [4.69, 9.17) is 0 Å². The van der Waals surface area contributed by atoms with Crippen LogP contribution in [0.4, 0.5) is 0 Å². The zero-order valence-corrected chi connectivity index (χ0v) is 10.6. The molecule has 0 aliphatic rings. The third kappa shape index (κ3) is 3.31. The van der Waals surface area contributed by atoms with E-state index in [9.17, 15) is 9.90 Å². The van der Waals surface area contributed by atoms with Crippen LogP contribution in [-0.4, -0.2) is 11.0 Å². The monoisotopic (exact) mass is 239 g/mol. The summed E-state index contributed by atoms with van der Waals surface area (Å²) in [4.78, 5) is 13.9. The van der Waals surface area contributed by atoms with Crippen LogP contribution in [-0.2, 0) is 0 Å². The summed E-state index contributed by atoms with van der Waals surface area (Å²) in [6.45, 7) is 0. The van der Waals surface area contributed by atoms with Gasteiger partial charge in [0.1, 0.15) is 4.60 Å². The molecule has 0 atom stereocenters. The zero-order valence-electron chi connectivity index (χ0n) is 5.87. The molecule has 0 saturated heterocycles. The fourth-order valence-corrected chi connectivity index (χ4v) is 0.951. The molecule has 52 valence electrons. The predicted molar refractivity (Wildman–Crippen MR) is 36.3 cm³/mol. The van der Waals surface area contributed by atoms with E-state index < -0.39 is 5.97 Å². The van der Waals surface area contributed by atoms with E-state index in [1.807, 2.05) is 0 Å². The van der Waals surface area contributed by atoms with Crippen LogP contribution >= 0.6 is 15.9 Å². The summed E-state index contributed by atoms with van der Waals surface area (Å²) in [6, 6.07) is 2.96. The van der Waals surface area contributed by atoms with Gasteiger partial charge in [-0.25, -0.2) is 4.98 Å². The summed E-state index contributed by atoms with van der Waals surface area (Å²) >= 11 is 2.96. The molecule has 0 aliphatic carbocycles. The van der Waals surface area contributed by atoms with Gasteiger partial charge in [-0.2, -0.15) is 0 Å². The van der Waals surface area contributed by atoms with Crippen molar-refractivity contribution in [3.05, 3.63) is 28.5 Å². The molecule has 1 aromatic rings. The average Bonchev–Trinajstić information content (AvgIpc) is 1.88. The number of hydrogen-bond acceptors (Lipinski definition) is 3. The fourth-order valence-electron chi connectivity index (χ4n) is 0.538. The van der Waals surface area contributed by atoms with Gasteiger partial charge in [0.05, 0.1) is 5.97 Å². The Labute approximate surface area is 115 Å². The first-order valence-corrected chi connectivity index (χ1v) is 3.33. The van der Waals surface area contributed by atoms with Gasteiger partial charge in [0.2, 0.25) is 0 Å². The van der Waals surface area contributed by atoms with Crippen LogP contribution in [0.25, 0.3) is 0 Å². The maximum atomic E-state index is 10.2. The second-order valence-corrected chi connectivity index (χ2v) is 2.38. The minimum atomic E-state index is -1.22. The van der Waals surface area contributed by atoms with Crippen molar-refractivity contribution in [3.63, 3.8) is 0 Å². The first kappa shape index (κ1) is 11.7. The molecular formula is C6H3BrKNO2. The quantitative estimate of drug-likeness (QED) is 0.394. The number of carbonyl (C=O) groups is 1. The molecule has 0 amide bonds. The molecule has 0 unspecified atom stereocenters. The van der Waals surface area contributed by atoms with Gasteiger partial charge >= 0.3 is 51.4 Å². The van der Waals surface area contributed by atoms with E-state index in [2.05, 4.69) is 20.9 Å². The molecule has 0 spiro atoms. The summed E-state index contributed by atoms with van der Waals surface area (Å²) in [7, 11) is 0. The van der Waals surface area contributed by atoms with Gasteiger partial charge in [-0.1, -0.05) is 0 Å². The van der Waals surface area contributed by atoms with Crippen molar-refractivity contribution in [2.24, 2.45) is 0 Å². The van der Waals surface area contributed by atoms with E-state index >= 15 is 0 Å². The van der Waals surface area contributed by atoms with Crippen molar-refractivity contribution in [2.45, 2.75) is 0 Å². The minimum Gasteiger partial charge on any atom is -0.545 e. The standard InChI is InChI=1S/C6H4BrNO2.K/c7-5-4(6(9)10)2-1-3-8-5;/h1-3H,(H,9,10);/q;+1/p-1. The molecule has 0 N–H and O–H groups in total. The number of carbonyl (C=O) groups excluding carboxylic acids is 1. The molecule has 0 aromatic carbocycles. The van der Waals surface area contributed by atoms with Gasteiger partial charge in [-0.15, -0.1) is 0 Å². The van der Waals surface area contributed by atoms with Crippen LogP contribution in [0, 0.1) is 0 Å². The molecule has 1 rings (SSSR count). The Hall–Kier alpha value is 0.736. The van der Waals surface area contributed by atoms with Crippen molar-refractivity contribution in [2.75, 3.05) is 0 Å². The minimum absolute atomic E-state index is 0. The Bertz CT molecular complexity index is 267. The molecule has 0 aliphatic heterocycles. The van der Waals surface area contributed by atoms with Crippen LogP contribution in [0.3, 0.4) is 0 Å². The maximum Gasteiger partial charge on any atom is 1.00 e. The smallest absolute Gasteiger partial charge is 0.545 e. The van der Waals surface area contributed by atoms with Gasteiger partial charge in [0.25, 0.3) is 0 Å². The van der Waals surface area contributed by atoms with E-state index in [0.29, 0.717) is 4.60 Å². The van der Waals surface area contributed by atoms with Gasteiger partial charge in [0.15, 0.2) is 0 Å². The van der Waals surface area contributed by atoms with Crippen LogP contribution in [0.1, 0.15) is 10.4 Å². The number of pyridine rings is 1. The molecule has 3 nitrogen and oxygen atoms in total. The van der Waals surface area contributed by atoms with Crippen LogP contribution < -0.4 is 56.5 Å². The van der Waals surface area contributed by atoms with Crippen LogP contribution in [0.15, 0.2) is 22.9 Å². The number of aromatic nitrogens is 1. The predicted octanol–water partition coefficient (Wildman–Crippen LogP) is -2.79. The number of carboxylic acid groups (broad SMARTS) is 1. The molecule has 0 radical (unpaired) electrons. The van der Waals surface area contributed by atoms with Gasteiger partial charge in [-0.05, 0) is 28.1 Å². The summed E-state index contributed by atoms with van der Waals surface area (Å²) in [5.74, 6) is -1.22. The normalized spacial score (nSPS) is 8.45. The number of nitrogens with zero attached hydrogens (tertiary/aromatic N) is 1. The van der Waals surface area contributed by atoms with Gasteiger partial charge in [0, 0.05) is 11.8 Å². The van der Waals surface area contributed by atoms with Gasteiger partial charge < -0.3 is 9.90 Å². The third-order valence-electron chi connectivity index (χ3n) is 0.979. The third-order valence-corrected chi connectivity index (χ3v) is 1.61. The van der Waals surface area contributed by atoms with Crippen molar-refractivity contribution in [3.8, 4) is 0 Å². The number of halogens is 1. The zero-order chi connectivity index (χ0) is 7.56. The second-order valence-electron chi connectivity index (χ2n) is 1.63. The first-order valence-electron chi connectivity index (χ1n) is 2.53. The van der Waals surface area contributed by atoms with Crippen LogP contribution in [0.2, 0.25) is 0 Å². The SMILES string of the molecule is O=C([O-])c1cccnc1Br.[K+]. The second kappa shape index (κ2) is 5.39. The Morgan fingerprint density at radius 2 is 2.27 bits per heavy atom. The van der Waals surface area contributed by atoms with E-state index in [0.717, 1.165) is 0 Å². The Morgan fingerprint density at radius 3 is 2.64 bits per heavy atom. The molecule has 0 bridgehead atoms. The number of carboxylic acids is 1. The van der Waals surface area contributed by atoms with Crippen LogP contribution in [0.5, 0.6) is 0 Å². The van der Waals surface area contributed by atoms with E-state index in [1.165, 1.54) is 18.3 Å². The van der Waals surface area contributed by atoms with Crippen molar-refractivity contribution < 1.29 is 61.3 Å². The summed E-state index contributed by atoms with van der Waals surface area (Å²) in [5, 5.41) is 10.2. The molecule has 0 saturated carbocycles. The number of aromatic carboxylic acids is 1. The molecule has 5 heteroatoms. The maximum absolute atomic E-state index is 10.2. The Balaban J connectivity index is 0.000001000. The largest absolute Gasteiger partial charge is 1.00 e. The molecule has 1 heterocycles. The van der Waals surface area contributed by atoms with Crippen molar-refractivity contribution >= 4 is 21.9 Å². The van der Waals surface area contributed by atoms with Crippen molar-refractivity contribution in [1.29, 1.82) is 0 Å². The van der Waals surface area contributed by atoms with Crippen molar-refractivity contribution in [1.82, 2.24) is 4.98 Å². The summed E-state index contributed by atoms with van der Waals surface area (Å²) in [6.07, 6.45) is 1.50. The fraction of sp³-hybridized carbons (Fsp3) is 0. The first-order chi connectivity index (χ1) is 4.72. The Kier molecular flexibility index (Phi) is 5.76. The van der Waals surface area contributed by atoms with Gasteiger partial charge in [-0.3, -0.25) is 0 Å². The average molecular weight is 240 g/mol. The van der Waals surface area contributed by atoms with E-state index in [1.54, 1.807) is 0 Å². The molecule has 0 fully saturated rings. The summed E-state index contributed by atoms with van der Waals surface area (Å²) < 4.78 is 0.301. The Morgan fingerprint density at radius 1 is 1.64 bits per heavy atom. The topological polar surface area (TPSA) is 53.0 Å². The molecule has 11 heavy (non-hydrogen) atoms. The number of hydrogen-bond donors (Lipinski definition) is 0. The summed E-state index contributed by atoms with van der Waals surface area (Å²) in [5.41, 5.74) is 0.0718. The van der Waals surface area contributed by atoms with E-state index in [-0.39, 0.29) is 56.9 Å².